The highest BCUT2D eigenvalue weighted by atomic mass is 32.2. The van der Waals surface area contributed by atoms with E-state index in [9.17, 15) is 13.6 Å². The van der Waals surface area contributed by atoms with Crippen molar-refractivity contribution in [2.75, 3.05) is 11.1 Å². The van der Waals surface area contributed by atoms with Gasteiger partial charge in [-0.25, -0.2) is 13.8 Å². The third-order valence-electron chi connectivity index (χ3n) is 3.52. The van der Waals surface area contributed by atoms with E-state index in [0.29, 0.717) is 5.16 Å². The summed E-state index contributed by atoms with van der Waals surface area (Å²) in [4.78, 5) is 16.3. The van der Waals surface area contributed by atoms with E-state index in [-0.39, 0.29) is 11.4 Å². The largest absolute Gasteiger partial charge is 0.323 e. The first-order valence-corrected chi connectivity index (χ1v) is 8.50. The van der Waals surface area contributed by atoms with Crippen LogP contribution in [0.3, 0.4) is 0 Å². The summed E-state index contributed by atoms with van der Waals surface area (Å²) >= 11 is 1.24. The second kappa shape index (κ2) is 7.48. The average molecular weight is 359 g/mol. The molecule has 0 radical (unpaired) electrons. The molecule has 2 aromatic carbocycles. The minimum Gasteiger partial charge on any atom is -0.323 e. The molecule has 128 valence electrons. The fourth-order valence-corrected chi connectivity index (χ4v) is 3.09. The van der Waals surface area contributed by atoms with Gasteiger partial charge < -0.3 is 5.32 Å². The molecule has 0 saturated heterocycles. The van der Waals surface area contributed by atoms with E-state index in [1.165, 1.54) is 17.8 Å². The number of hydrogen-bond donors (Lipinski definition) is 1. The van der Waals surface area contributed by atoms with Crippen LogP contribution in [0.4, 0.5) is 14.5 Å². The van der Waals surface area contributed by atoms with Gasteiger partial charge in [0.05, 0.1) is 17.1 Å². The minimum atomic E-state index is -0.806. The molecule has 0 atom stereocenters. The van der Waals surface area contributed by atoms with E-state index < -0.39 is 17.5 Å². The molecular weight excluding hydrogens is 344 g/mol. The van der Waals surface area contributed by atoms with Crippen LogP contribution in [0.15, 0.2) is 60.0 Å². The number of carbonyl (C=O) groups is 1. The Morgan fingerprint density at radius 3 is 2.80 bits per heavy atom. The summed E-state index contributed by atoms with van der Waals surface area (Å²) < 4.78 is 28.4. The molecule has 3 aromatic rings. The lowest BCUT2D eigenvalue weighted by Crippen LogP contribution is -2.15. The number of hydrogen-bond acceptors (Lipinski definition) is 3. The van der Waals surface area contributed by atoms with Gasteiger partial charge in [-0.1, -0.05) is 30.0 Å². The van der Waals surface area contributed by atoms with Crippen LogP contribution in [0.2, 0.25) is 0 Å². The predicted octanol–water partition coefficient (Wildman–Crippen LogP) is 4.19. The van der Waals surface area contributed by atoms with Gasteiger partial charge in [0.15, 0.2) is 5.16 Å². The third-order valence-corrected chi connectivity index (χ3v) is 4.49. The van der Waals surface area contributed by atoms with Crippen LogP contribution in [0, 0.1) is 18.6 Å². The fraction of sp³-hybridized carbons (Fsp3) is 0.111. The third kappa shape index (κ3) is 4.06. The van der Waals surface area contributed by atoms with Gasteiger partial charge in [0.25, 0.3) is 0 Å². The number of thioether (sulfide) groups is 1. The highest BCUT2D eigenvalue weighted by Gasteiger charge is 2.12. The number of amides is 1. The molecule has 0 bridgehead atoms. The van der Waals surface area contributed by atoms with Crippen molar-refractivity contribution in [1.82, 2.24) is 9.55 Å². The number of carbonyl (C=O) groups excluding carboxylic acids is 1. The van der Waals surface area contributed by atoms with Gasteiger partial charge in [0, 0.05) is 18.5 Å². The SMILES string of the molecule is Cc1ccccc1-n1ccnc1SCC(=O)Nc1ccc(F)cc1F. The van der Waals surface area contributed by atoms with Crippen molar-refractivity contribution >= 4 is 23.4 Å². The summed E-state index contributed by atoms with van der Waals surface area (Å²) in [5.41, 5.74) is 2.02. The molecule has 25 heavy (non-hydrogen) atoms. The van der Waals surface area contributed by atoms with Crippen LogP contribution in [0.5, 0.6) is 0 Å². The van der Waals surface area contributed by atoms with E-state index >= 15 is 0 Å². The maximum Gasteiger partial charge on any atom is 0.234 e. The number of rotatable bonds is 5. The Kier molecular flexibility index (Phi) is 5.14. The quantitative estimate of drug-likeness (QED) is 0.695. The first kappa shape index (κ1) is 17.2. The number of halogens is 2. The molecular formula is C18H15F2N3OS. The summed E-state index contributed by atoms with van der Waals surface area (Å²) in [6, 6.07) is 10.9. The molecule has 4 nitrogen and oxygen atoms in total. The van der Waals surface area contributed by atoms with Crippen LogP contribution >= 0.6 is 11.8 Å². The van der Waals surface area contributed by atoms with Gasteiger partial charge in [0.2, 0.25) is 5.91 Å². The molecule has 0 aliphatic rings. The number of nitrogens with zero attached hydrogens (tertiary/aromatic N) is 2. The van der Waals surface area contributed by atoms with Crippen molar-refractivity contribution in [3.63, 3.8) is 0 Å². The number of imidazole rings is 1. The van der Waals surface area contributed by atoms with E-state index in [4.69, 9.17) is 0 Å². The standard InChI is InChI=1S/C18H15F2N3OS/c1-12-4-2-3-5-16(12)23-9-8-21-18(23)25-11-17(24)22-15-7-6-13(19)10-14(15)20/h2-10H,11H2,1H3,(H,22,24). The molecule has 1 heterocycles. The van der Waals surface area contributed by atoms with Crippen LogP contribution in [0.1, 0.15) is 5.56 Å². The average Bonchev–Trinajstić information content (AvgIpc) is 3.04. The maximum atomic E-state index is 13.6. The van der Waals surface area contributed by atoms with Crippen molar-refractivity contribution in [2.45, 2.75) is 12.1 Å². The summed E-state index contributed by atoms with van der Waals surface area (Å²) in [7, 11) is 0. The van der Waals surface area contributed by atoms with E-state index in [0.717, 1.165) is 23.4 Å². The highest BCUT2D eigenvalue weighted by Crippen LogP contribution is 2.23. The van der Waals surface area contributed by atoms with Gasteiger partial charge in [-0.2, -0.15) is 0 Å². The molecule has 0 aliphatic heterocycles. The van der Waals surface area contributed by atoms with Crippen molar-refractivity contribution in [1.29, 1.82) is 0 Å². The molecule has 7 heteroatoms. The number of aryl methyl sites for hydroxylation is 1. The van der Waals surface area contributed by atoms with Crippen molar-refractivity contribution in [2.24, 2.45) is 0 Å². The summed E-state index contributed by atoms with van der Waals surface area (Å²) in [5.74, 6) is -1.83. The molecule has 1 N–H and O–H groups in total. The number of aromatic nitrogens is 2. The van der Waals surface area contributed by atoms with Crippen LogP contribution in [-0.4, -0.2) is 21.2 Å². The normalized spacial score (nSPS) is 10.7. The molecule has 1 amide bonds. The smallest absolute Gasteiger partial charge is 0.234 e. The number of benzene rings is 2. The van der Waals surface area contributed by atoms with Crippen molar-refractivity contribution < 1.29 is 13.6 Å². The Hall–Kier alpha value is -2.67. The van der Waals surface area contributed by atoms with Gasteiger partial charge in [-0.05, 0) is 30.7 Å². The van der Waals surface area contributed by atoms with Crippen molar-refractivity contribution in [3.05, 3.63) is 72.1 Å². The highest BCUT2D eigenvalue weighted by molar-refractivity contribution is 7.99. The molecule has 0 aliphatic carbocycles. The Morgan fingerprint density at radius 1 is 1.24 bits per heavy atom. The van der Waals surface area contributed by atoms with Gasteiger partial charge >= 0.3 is 0 Å². The second-order valence-corrected chi connectivity index (χ2v) is 6.27. The summed E-state index contributed by atoms with van der Waals surface area (Å²) in [6.45, 7) is 1.99. The van der Waals surface area contributed by atoms with Crippen molar-refractivity contribution in [3.8, 4) is 5.69 Å². The molecule has 3 rings (SSSR count). The zero-order valence-electron chi connectivity index (χ0n) is 13.4. The molecule has 1 aromatic heterocycles. The lowest BCUT2D eigenvalue weighted by atomic mass is 10.2. The number of nitrogens with one attached hydrogen (secondary N) is 1. The zero-order chi connectivity index (χ0) is 17.8. The first-order chi connectivity index (χ1) is 12.0. The lowest BCUT2D eigenvalue weighted by Gasteiger charge is -2.10. The lowest BCUT2D eigenvalue weighted by molar-refractivity contribution is -0.113. The van der Waals surface area contributed by atoms with E-state index in [1.807, 2.05) is 42.0 Å². The summed E-state index contributed by atoms with van der Waals surface area (Å²) in [5, 5.41) is 3.09. The number of para-hydroxylation sites is 1. The first-order valence-electron chi connectivity index (χ1n) is 7.51. The van der Waals surface area contributed by atoms with E-state index in [1.54, 1.807) is 6.20 Å². The zero-order valence-corrected chi connectivity index (χ0v) is 14.2. The van der Waals surface area contributed by atoms with Gasteiger partial charge in [-0.3, -0.25) is 9.36 Å². The Bertz CT molecular complexity index is 911. The monoisotopic (exact) mass is 359 g/mol. The maximum absolute atomic E-state index is 13.6. The number of anilines is 1. The molecule has 0 spiro atoms. The molecule has 0 unspecified atom stereocenters. The Morgan fingerprint density at radius 2 is 2.04 bits per heavy atom. The summed E-state index contributed by atoms with van der Waals surface area (Å²) in [6.07, 6.45) is 3.48. The molecule has 0 fully saturated rings. The van der Waals surface area contributed by atoms with Gasteiger partial charge in [0.1, 0.15) is 11.6 Å². The van der Waals surface area contributed by atoms with E-state index in [2.05, 4.69) is 10.3 Å². The van der Waals surface area contributed by atoms with Gasteiger partial charge in [-0.15, -0.1) is 0 Å². The Labute approximate surface area is 147 Å². The second-order valence-electron chi connectivity index (χ2n) is 5.33. The van der Waals surface area contributed by atoms with Crippen LogP contribution in [0.25, 0.3) is 5.69 Å². The Balaban J connectivity index is 1.67. The fourth-order valence-electron chi connectivity index (χ4n) is 2.32. The van der Waals surface area contributed by atoms with Crippen LogP contribution < -0.4 is 5.32 Å². The molecule has 0 saturated carbocycles. The van der Waals surface area contributed by atoms with Crippen LogP contribution in [-0.2, 0) is 4.79 Å². The predicted molar refractivity (Wildman–Crippen MR) is 94.0 cm³/mol. The minimum absolute atomic E-state index is 0.0470. The topological polar surface area (TPSA) is 46.9 Å².